The smallest absolute Gasteiger partial charge is 0.238 e. The Morgan fingerprint density at radius 3 is 2.40 bits per heavy atom. The molecule has 1 heterocycles. The Morgan fingerprint density at radius 2 is 1.85 bits per heavy atom. The van der Waals surface area contributed by atoms with Gasteiger partial charge in [0.1, 0.15) is 5.76 Å². The molecular formula is C14H18N2O3S. The summed E-state index contributed by atoms with van der Waals surface area (Å²) in [5.74, 6) is 0.756. The van der Waals surface area contributed by atoms with E-state index < -0.39 is 10.0 Å². The number of nitrogens with zero attached hydrogens (tertiary/aromatic N) is 1. The summed E-state index contributed by atoms with van der Waals surface area (Å²) in [7, 11) is -3.49. The lowest BCUT2D eigenvalue weighted by atomic mass is 9.93. The van der Waals surface area contributed by atoms with E-state index in [2.05, 4.69) is 9.88 Å². The van der Waals surface area contributed by atoms with Crippen molar-refractivity contribution in [3.63, 3.8) is 0 Å². The molecule has 0 spiro atoms. The highest BCUT2D eigenvalue weighted by molar-refractivity contribution is 7.91. The Labute approximate surface area is 119 Å². The van der Waals surface area contributed by atoms with Crippen LogP contribution in [0.2, 0.25) is 0 Å². The number of anilines is 1. The number of benzene rings is 1. The molecule has 1 N–H and O–H groups in total. The van der Waals surface area contributed by atoms with E-state index in [0.29, 0.717) is 5.76 Å². The minimum absolute atomic E-state index is 0.0917. The van der Waals surface area contributed by atoms with Gasteiger partial charge in [-0.15, -0.1) is 0 Å². The van der Waals surface area contributed by atoms with Crippen LogP contribution in [-0.4, -0.2) is 13.6 Å². The second-order valence-electron chi connectivity index (χ2n) is 5.67. The van der Waals surface area contributed by atoms with Crippen molar-refractivity contribution in [1.29, 1.82) is 0 Å². The number of hydrogen-bond acceptors (Lipinski definition) is 4. The van der Waals surface area contributed by atoms with Gasteiger partial charge in [0.25, 0.3) is 0 Å². The monoisotopic (exact) mass is 294 g/mol. The molecule has 6 heteroatoms. The van der Waals surface area contributed by atoms with Crippen molar-refractivity contribution in [2.75, 3.05) is 4.72 Å². The highest BCUT2D eigenvalue weighted by atomic mass is 32.2. The molecule has 108 valence electrons. The number of aromatic nitrogens is 1. The zero-order chi connectivity index (χ0) is 14.8. The third-order valence-electron chi connectivity index (χ3n) is 2.71. The van der Waals surface area contributed by atoms with Crippen LogP contribution in [0, 0.1) is 0 Å². The highest BCUT2D eigenvalue weighted by Crippen LogP contribution is 2.25. The average molecular weight is 294 g/mol. The fourth-order valence-corrected chi connectivity index (χ4v) is 2.78. The fourth-order valence-electron chi connectivity index (χ4n) is 1.67. The van der Waals surface area contributed by atoms with Crippen LogP contribution in [0.4, 0.5) is 5.82 Å². The first-order chi connectivity index (χ1) is 9.26. The fraction of sp³-hybridized carbons (Fsp3) is 0.357. The van der Waals surface area contributed by atoms with E-state index in [1.165, 1.54) is 0 Å². The molecular weight excluding hydrogens is 276 g/mol. The topological polar surface area (TPSA) is 72.2 Å². The molecule has 2 rings (SSSR count). The van der Waals surface area contributed by atoms with Crippen LogP contribution in [0.3, 0.4) is 0 Å². The van der Waals surface area contributed by atoms with Gasteiger partial charge in [0.05, 0.1) is 5.75 Å². The van der Waals surface area contributed by atoms with Crippen molar-refractivity contribution < 1.29 is 12.9 Å². The summed E-state index contributed by atoms with van der Waals surface area (Å²) in [6.07, 6.45) is 0. The van der Waals surface area contributed by atoms with Crippen LogP contribution in [0.15, 0.2) is 40.9 Å². The first kappa shape index (κ1) is 14.6. The molecule has 1 aromatic heterocycles. The number of nitrogens with one attached hydrogen (secondary N) is 1. The lowest BCUT2D eigenvalue weighted by Gasteiger charge is -2.12. The molecule has 5 nitrogen and oxygen atoms in total. The SMILES string of the molecule is CC(C)(C)c1cc(NS(=O)(=O)Cc2ccccc2)no1. The normalized spacial score (nSPS) is 12.3. The van der Waals surface area contributed by atoms with Gasteiger partial charge in [-0.1, -0.05) is 56.3 Å². The van der Waals surface area contributed by atoms with Crippen LogP contribution in [-0.2, 0) is 21.2 Å². The third kappa shape index (κ3) is 3.84. The van der Waals surface area contributed by atoms with Crippen LogP contribution < -0.4 is 4.72 Å². The molecule has 0 radical (unpaired) electrons. The Hall–Kier alpha value is -1.82. The van der Waals surface area contributed by atoms with E-state index >= 15 is 0 Å². The molecule has 0 unspecified atom stereocenters. The Balaban J connectivity index is 2.11. The maximum absolute atomic E-state index is 12.0. The minimum atomic E-state index is -3.49. The second-order valence-corrected chi connectivity index (χ2v) is 7.40. The minimum Gasteiger partial charge on any atom is -0.359 e. The summed E-state index contributed by atoms with van der Waals surface area (Å²) in [5.41, 5.74) is 0.510. The number of rotatable bonds is 4. The van der Waals surface area contributed by atoms with Crippen molar-refractivity contribution in [2.24, 2.45) is 0 Å². The van der Waals surface area contributed by atoms with Crippen molar-refractivity contribution in [2.45, 2.75) is 31.9 Å². The summed E-state index contributed by atoms with van der Waals surface area (Å²) < 4.78 is 31.6. The van der Waals surface area contributed by atoms with E-state index in [1.807, 2.05) is 26.8 Å². The molecule has 0 amide bonds. The zero-order valence-corrected chi connectivity index (χ0v) is 12.6. The lowest BCUT2D eigenvalue weighted by molar-refractivity contribution is 0.331. The second kappa shape index (κ2) is 5.28. The van der Waals surface area contributed by atoms with Crippen molar-refractivity contribution in [3.8, 4) is 0 Å². The van der Waals surface area contributed by atoms with Crippen LogP contribution in [0.25, 0.3) is 0 Å². The van der Waals surface area contributed by atoms with Gasteiger partial charge in [0.2, 0.25) is 10.0 Å². The Kier molecular flexibility index (Phi) is 3.85. The quantitative estimate of drug-likeness (QED) is 0.941. The molecule has 0 saturated heterocycles. The average Bonchev–Trinajstić information content (AvgIpc) is 2.77. The van der Waals surface area contributed by atoms with Gasteiger partial charge in [-0.2, -0.15) is 0 Å². The van der Waals surface area contributed by atoms with Gasteiger partial charge in [0.15, 0.2) is 5.82 Å². The maximum atomic E-state index is 12.0. The Bertz CT molecular complexity index is 670. The van der Waals surface area contributed by atoms with Gasteiger partial charge in [-0.05, 0) is 5.56 Å². The van der Waals surface area contributed by atoms with Gasteiger partial charge in [0, 0.05) is 11.5 Å². The third-order valence-corrected chi connectivity index (χ3v) is 3.94. The molecule has 1 aromatic carbocycles. The molecule has 0 aliphatic carbocycles. The molecule has 0 bridgehead atoms. The molecule has 0 atom stereocenters. The van der Waals surface area contributed by atoms with E-state index in [0.717, 1.165) is 5.56 Å². The van der Waals surface area contributed by atoms with Crippen molar-refractivity contribution in [1.82, 2.24) is 5.16 Å². The summed E-state index contributed by atoms with van der Waals surface area (Å²) in [6, 6.07) is 10.6. The summed E-state index contributed by atoms with van der Waals surface area (Å²) >= 11 is 0. The first-order valence-corrected chi connectivity index (χ1v) is 7.93. The van der Waals surface area contributed by atoms with Crippen LogP contribution in [0.5, 0.6) is 0 Å². The van der Waals surface area contributed by atoms with Gasteiger partial charge < -0.3 is 4.52 Å². The predicted octanol–water partition coefficient (Wildman–Crippen LogP) is 2.91. The van der Waals surface area contributed by atoms with Crippen molar-refractivity contribution >= 4 is 15.8 Å². The van der Waals surface area contributed by atoms with E-state index in [9.17, 15) is 8.42 Å². The first-order valence-electron chi connectivity index (χ1n) is 6.28. The van der Waals surface area contributed by atoms with Gasteiger partial charge in [-0.25, -0.2) is 8.42 Å². The van der Waals surface area contributed by atoms with Gasteiger partial charge >= 0.3 is 0 Å². The van der Waals surface area contributed by atoms with E-state index in [-0.39, 0.29) is 17.0 Å². The molecule has 0 aliphatic heterocycles. The molecule has 20 heavy (non-hydrogen) atoms. The largest absolute Gasteiger partial charge is 0.359 e. The summed E-state index contributed by atoms with van der Waals surface area (Å²) in [6.45, 7) is 5.90. The summed E-state index contributed by atoms with van der Waals surface area (Å²) in [4.78, 5) is 0. The van der Waals surface area contributed by atoms with Gasteiger partial charge in [-0.3, -0.25) is 4.72 Å². The molecule has 2 aromatic rings. The summed E-state index contributed by atoms with van der Waals surface area (Å²) in [5, 5.41) is 3.74. The molecule has 0 saturated carbocycles. The maximum Gasteiger partial charge on any atom is 0.238 e. The van der Waals surface area contributed by atoms with Crippen molar-refractivity contribution in [3.05, 3.63) is 47.7 Å². The standard InChI is InChI=1S/C14H18N2O3S/c1-14(2,3)12-9-13(15-19-12)16-20(17,18)10-11-7-5-4-6-8-11/h4-9H,10H2,1-3H3,(H,15,16). The van der Waals surface area contributed by atoms with E-state index in [4.69, 9.17) is 4.52 Å². The zero-order valence-electron chi connectivity index (χ0n) is 11.8. The van der Waals surface area contributed by atoms with E-state index in [1.54, 1.807) is 30.3 Å². The Morgan fingerprint density at radius 1 is 1.20 bits per heavy atom. The predicted molar refractivity (Wildman–Crippen MR) is 77.9 cm³/mol. The number of sulfonamides is 1. The van der Waals surface area contributed by atoms with Crippen LogP contribution in [0.1, 0.15) is 32.1 Å². The highest BCUT2D eigenvalue weighted by Gasteiger charge is 2.21. The van der Waals surface area contributed by atoms with Crippen LogP contribution >= 0.6 is 0 Å². The lowest BCUT2D eigenvalue weighted by Crippen LogP contribution is -2.15. The molecule has 0 aliphatic rings. The molecule has 0 fully saturated rings. The number of hydrogen-bond donors (Lipinski definition) is 1.